The molecular formula is C23H22ClF4N3O. The van der Waals surface area contributed by atoms with E-state index in [1.54, 1.807) is 17.0 Å². The number of hydrogen-bond acceptors (Lipinski definition) is 2. The normalized spacial score (nSPS) is 20.2. The Kier molecular flexibility index (Phi) is 5.94. The van der Waals surface area contributed by atoms with Crippen molar-refractivity contribution in [3.05, 3.63) is 70.1 Å². The first-order valence-corrected chi connectivity index (χ1v) is 10.6. The molecule has 0 unspecified atom stereocenters. The molecule has 4 rings (SSSR count). The molecule has 3 aromatic rings. The van der Waals surface area contributed by atoms with Gasteiger partial charge in [-0.05, 0) is 49.7 Å². The lowest BCUT2D eigenvalue weighted by atomic mass is 10.1. The molecule has 0 bridgehead atoms. The monoisotopic (exact) mass is 467 g/mol. The fourth-order valence-electron chi connectivity index (χ4n) is 4.17. The number of hydrogen-bond donors (Lipinski definition) is 1. The molecule has 0 saturated carbocycles. The highest BCUT2D eigenvalue weighted by atomic mass is 35.5. The number of carbonyl (C=O) groups excluding carboxylic acids is 1. The summed E-state index contributed by atoms with van der Waals surface area (Å²) in [4.78, 5) is 19.9. The standard InChI is InChI=1S/C23H22ClF4N3O/c1-13-11-31(14(2)10-30(13)12-15-3-5-17(25)6-4-15)22(32)21-8-16-7-19(24)18(23(26,27)28)9-20(16)29-21/h3-9,13-14,29H,10-12H2,1-2H3/t13-,14+/m1/s1. The number of fused-ring (bicyclic) bond motifs is 1. The Bertz CT molecular complexity index is 1140. The Morgan fingerprint density at radius 2 is 1.78 bits per heavy atom. The summed E-state index contributed by atoms with van der Waals surface area (Å²) in [5, 5.41) is 0.0430. The van der Waals surface area contributed by atoms with E-state index in [0.29, 0.717) is 25.0 Å². The molecule has 1 aliphatic rings. The van der Waals surface area contributed by atoms with Gasteiger partial charge in [0.2, 0.25) is 0 Å². The Morgan fingerprint density at radius 1 is 1.09 bits per heavy atom. The Labute approximate surface area is 187 Å². The van der Waals surface area contributed by atoms with E-state index in [2.05, 4.69) is 9.88 Å². The lowest BCUT2D eigenvalue weighted by Crippen LogP contribution is -2.57. The van der Waals surface area contributed by atoms with Crippen LogP contribution in [0.25, 0.3) is 10.9 Å². The molecule has 9 heteroatoms. The van der Waals surface area contributed by atoms with Crippen molar-refractivity contribution in [2.45, 2.75) is 38.7 Å². The van der Waals surface area contributed by atoms with Gasteiger partial charge in [-0.25, -0.2) is 4.39 Å². The van der Waals surface area contributed by atoms with Crippen molar-refractivity contribution in [2.75, 3.05) is 13.1 Å². The molecule has 1 amide bonds. The molecule has 4 nitrogen and oxygen atoms in total. The molecule has 2 aromatic carbocycles. The lowest BCUT2D eigenvalue weighted by Gasteiger charge is -2.44. The van der Waals surface area contributed by atoms with Crippen LogP contribution in [0.5, 0.6) is 0 Å². The van der Waals surface area contributed by atoms with E-state index in [1.807, 2.05) is 13.8 Å². The molecule has 0 radical (unpaired) electrons. The fraction of sp³-hybridized carbons (Fsp3) is 0.348. The minimum atomic E-state index is -4.58. The van der Waals surface area contributed by atoms with Crippen LogP contribution < -0.4 is 0 Å². The number of nitrogens with one attached hydrogen (secondary N) is 1. The van der Waals surface area contributed by atoms with E-state index in [-0.39, 0.29) is 35.0 Å². The number of nitrogens with zero attached hydrogens (tertiary/aromatic N) is 2. The zero-order valence-corrected chi connectivity index (χ0v) is 18.3. The second kappa shape index (κ2) is 8.41. The van der Waals surface area contributed by atoms with Gasteiger partial charge in [-0.2, -0.15) is 13.2 Å². The molecule has 170 valence electrons. The lowest BCUT2D eigenvalue weighted by molar-refractivity contribution is -0.137. The smallest absolute Gasteiger partial charge is 0.351 e. The van der Waals surface area contributed by atoms with Crippen LogP contribution in [0.1, 0.15) is 35.5 Å². The van der Waals surface area contributed by atoms with Gasteiger partial charge in [-0.3, -0.25) is 9.69 Å². The molecule has 1 aromatic heterocycles. The number of aromatic nitrogens is 1. The summed E-state index contributed by atoms with van der Waals surface area (Å²) in [6, 6.07) is 9.97. The predicted molar refractivity (Wildman–Crippen MR) is 115 cm³/mol. The molecule has 1 fully saturated rings. The first-order valence-electron chi connectivity index (χ1n) is 10.2. The van der Waals surface area contributed by atoms with Crippen LogP contribution in [0.15, 0.2) is 42.5 Å². The van der Waals surface area contributed by atoms with Crippen LogP contribution in [0, 0.1) is 5.82 Å². The number of halogens is 5. The van der Waals surface area contributed by atoms with Crippen molar-refractivity contribution < 1.29 is 22.4 Å². The number of amides is 1. The molecule has 1 saturated heterocycles. The maximum Gasteiger partial charge on any atom is 0.417 e. The number of rotatable bonds is 3. The zero-order chi connectivity index (χ0) is 23.2. The van der Waals surface area contributed by atoms with Crippen molar-refractivity contribution in [1.82, 2.24) is 14.8 Å². The van der Waals surface area contributed by atoms with Crippen molar-refractivity contribution in [3.8, 4) is 0 Å². The van der Waals surface area contributed by atoms with Crippen LogP contribution >= 0.6 is 11.6 Å². The first kappa shape index (κ1) is 22.6. The van der Waals surface area contributed by atoms with Crippen molar-refractivity contribution in [2.24, 2.45) is 0 Å². The van der Waals surface area contributed by atoms with Crippen LogP contribution in [0.2, 0.25) is 5.02 Å². The highest BCUT2D eigenvalue weighted by molar-refractivity contribution is 6.32. The van der Waals surface area contributed by atoms with Gasteiger partial charge >= 0.3 is 6.18 Å². The Hall–Kier alpha value is -2.58. The Morgan fingerprint density at radius 3 is 2.44 bits per heavy atom. The quantitative estimate of drug-likeness (QED) is 0.501. The SMILES string of the molecule is C[C@@H]1CN(C(=O)c2cc3cc(Cl)c(C(F)(F)F)cc3[nH]2)[C@@H](C)CN1Cc1ccc(F)cc1. The van der Waals surface area contributed by atoms with Crippen LogP contribution in [0.4, 0.5) is 17.6 Å². The number of alkyl halides is 3. The second-order valence-electron chi connectivity index (χ2n) is 8.31. The Balaban J connectivity index is 1.52. The van der Waals surface area contributed by atoms with Gasteiger partial charge in [0.25, 0.3) is 5.91 Å². The summed E-state index contributed by atoms with van der Waals surface area (Å²) in [6.07, 6.45) is -4.58. The summed E-state index contributed by atoms with van der Waals surface area (Å²) in [5.74, 6) is -0.556. The van der Waals surface area contributed by atoms with E-state index < -0.39 is 16.8 Å². The van der Waals surface area contributed by atoms with E-state index >= 15 is 0 Å². The summed E-state index contributed by atoms with van der Waals surface area (Å²) in [6.45, 7) is 5.66. The average Bonchev–Trinajstić information content (AvgIpc) is 3.13. The highest BCUT2D eigenvalue weighted by Gasteiger charge is 2.35. The summed E-state index contributed by atoms with van der Waals surface area (Å²) < 4.78 is 52.6. The number of carbonyl (C=O) groups is 1. The van der Waals surface area contributed by atoms with Crippen molar-refractivity contribution in [3.63, 3.8) is 0 Å². The van der Waals surface area contributed by atoms with E-state index in [1.165, 1.54) is 24.3 Å². The summed E-state index contributed by atoms with van der Waals surface area (Å²) in [7, 11) is 0. The predicted octanol–water partition coefficient (Wildman–Crippen LogP) is 5.71. The summed E-state index contributed by atoms with van der Waals surface area (Å²) in [5.41, 5.74) is 0.476. The third-order valence-corrected chi connectivity index (χ3v) is 6.23. The maximum atomic E-state index is 13.2. The maximum absolute atomic E-state index is 13.2. The van der Waals surface area contributed by atoms with Crippen molar-refractivity contribution in [1.29, 1.82) is 0 Å². The van der Waals surface area contributed by atoms with E-state index in [0.717, 1.165) is 11.6 Å². The van der Waals surface area contributed by atoms with E-state index in [9.17, 15) is 22.4 Å². The molecule has 2 heterocycles. The van der Waals surface area contributed by atoms with E-state index in [4.69, 9.17) is 11.6 Å². The van der Waals surface area contributed by atoms with Gasteiger partial charge in [-0.15, -0.1) is 0 Å². The molecular weight excluding hydrogens is 446 g/mol. The highest BCUT2D eigenvalue weighted by Crippen LogP contribution is 2.37. The third-order valence-electron chi connectivity index (χ3n) is 5.92. The second-order valence-corrected chi connectivity index (χ2v) is 8.72. The van der Waals surface area contributed by atoms with Gasteiger partial charge in [0.1, 0.15) is 11.5 Å². The molecule has 32 heavy (non-hydrogen) atoms. The minimum Gasteiger partial charge on any atom is -0.351 e. The first-order chi connectivity index (χ1) is 15.0. The minimum absolute atomic E-state index is 0.0517. The van der Waals surface area contributed by atoms with Gasteiger partial charge in [0.05, 0.1) is 10.6 Å². The van der Waals surface area contributed by atoms with Gasteiger partial charge in [0.15, 0.2) is 0 Å². The van der Waals surface area contributed by atoms with Gasteiger partial charge in [0, 0.05) is 42.6 Å². The molecule has 0 spiro atoms. The number of aromatic amines is 1. The van der Waals surface area contributed by atoms with Gasteiger partial charge in [-0.1, -0.05) is 23.7 Å². The van der Waals surface area contributed by atoms with Crippen LogP contribution in [-0.4, -0.2) is 45.9 Å². The molecule has 1 N–H and O–H groups in total. The number of piperazine rings is 1. The number of benzene rings is 2. The van der Waals surface area contributed by atoms with Gasteiger partial charge < -0.3 is 9.88 Å². The topological polar surface area (TPSA) is 39.3 Å². The fourth-order valence-corrected chi connectivity index (χ4v) is 4.45. The molecule has 0 aliphatic carbocycles. The molecule has 1 aliphatic heterocycles. The van der Waals surface area contributed by atoms with Crippen molar-refractivity contribution >= 4 is 28.4 Å². The largest absolute Gasteiger partial charge is 0.417 e. The zero-order valence-electron chi connectivity index (χ0n) is 17.5. The third kappa shape index (κ3) is 4.47. The summed E-state index contributed by atoms with van der Waals surface area (Å²) >= 11 is 5.80. The van der Waals surface area contributed by atoms with Crippen LogP contribution in [-0.2, 0) is 12.7 Å². The van der Waals surface area contributed by atoms with Crippen LogP contribution in [0.3, 0.4) is 0 Å². The molecule has 2 atom stereocenters. The average molecular weight is 468 g/mol. The number of H-pyrrole nitrogens is 1.